The highest BCUT2D eigenvalue weighted by atomic mass is 16.5. The quantitative estimate of drug-likeness (QED) is 0.502. The van der Waals surface area contributed by atoms with E-state index in [1.54, 1.807) is 0 Å². The predicted molar refractivity (Wildman–Crippen MR) is 57.4 cm³/mol. The standard InChI is InChI=1S/C12H20O3/c1-2-3-9-15-12(14)8-7-10-5-4-6-11(10)13/h10H,2-9H2,1H3/t10-/m0/s1. The Morgan fingerprint density at radius 1 is 1.53 bits per heavy atom. The SMILES string of the molecule is CCCCOC(=O)CC[C@@H]1CCCC1=O. The number of hydrogen-bond donors (Lipinski definition) is 0. The first kappa shape index (κ1) is 12.2. The van der Waals surface area contributed by atoms with Crippen molar-refractivity contribution in [3.63, 3.8) is 0 Å². The minimum absolute atomic E-state index is 0.128. The Morgan fingerprint density at radius 2 is 2.33 bits per heavy atom. The molecule has 3 nitrogen and oxygen atoms in total. The molecule has 0 radical (unpaired) electrons. The van der Waals surface area contributed by atoms with Crippen LogP contribution in [0.15, 0.2) is 0 Å². The highest BCUT2D eigenvalue weighted by Gasteiger charge is 2.24. The Balaban J connectivity index is 2.08. The largest absolute Gasteiger partial charge is 0.466 e. The summed E-state index contributed by atoms with van der Waals surface area (Å²) in [7, 11) is 0. The van der Waals surface area contributed by atoms with Crippen molar-refractivity contribution in [3.05, 3.63) is 0 Å². The van der Waals surface area contributed by atoms with Crippen molar-refractivity contribution in [2.75, 3.05) is 6.61 Å². The maximum atomic E-state index is 11.3. The van der Waals surface area contributed by atoms with Gasteiger partial charge in [-0.25, -0.2) is 0 Å². The lowest BCUT2D eigenvalue weighted by Gasteiger charge is -2.07. The number of carbonyl (C=O) groups excluding carboxylic acids is 2. The second-order valence-corrected chi connectivity index (χ2v) is 4.17. The summed E-state index contributed by atoms with van der Waals surface area (Å²) in [5.74, 6) is 0.309. The molecule has 0 N–H and O–H groups in total. The van der Waals surface area contributed by atoms with Gasteiger partial charge in [0.2, 0.25) is 0 Å². The van der Waals surface area contributed by atoms with Crippen LogP contribution in [0.2, 0.25) is 0 Å². The summed E-state index contributed by atoms with van der Waals surface area (Å²) < 4.78 is 5.03. The molecule has 1 fully saturated rings. The number of hydrogen-bond acceptors (Lipinski definition) is 3. The minimum atomic E-state index is -0.150. The molecular formula is C12H20O3. The smallest absolute Gasteiger partial charge is 0.305 e. The van der Waals surface area contributed by atoms with E-state index in [0.29, 0.717) is 31.7 Å². The molecule has 15 heavy (non-hydrogen) atoms. The van der Waals surface area contributed by atoms with E-state index in [1.807, 2.05) is 0 Å². The summed E-state index contributed by atoms with van der Waals surface area (Å²) >= 11 is 0. The average molecular weight is 212 g/mol. The van der Waals surface area contributed by atoms with Crippen molar-refractivity contribution in [1.82, 2.24) is 0 Å². The molecule has 86 valence electrons. The summed E-state index contributed by atoms with van der Waals surface area (Å²) in [4.78, 5) is 22.5. The summed E-state index contributed by atoms with van der Waals surface area (Å²) in [5.41, 5.74) is 0. The number of rotatable bonds is 6. The first-order valence-electron chi connectivity index (χ1n) is 5.92. The summed E-state index contributed by atoms with van der Waals surface area (Å²) in [5, 5.41) is 0. The fraction of sp³-hybridized carbons (Fsp3) is 0.833. The van der Waals surface area contributed by atoms with Crippen molar-refractivity contribution in [3.8, 4) is 0 Å². The first-order chi connectivity index (χ1) is 7.24. The summed E-state index contributed by atoms with van der Waals surface area (Å²) in [6.45, 7) is 2.58. The Labute approximate surface area is 91.2 Å². The maximum Gasteiger partial charge on any atom is 0.305 e. The van der Waals surface area contributed by atoms with Gasteiger partial charge in [0.25, 0.3) is 0 Å². The van der Waals surface area contributed by atoms with Gasteiger partial charge in [0, 0.05) is 18.8 Å². The second kappa shape index (κ2) is 6.59. The zero-order chi connectivity index (χ0) is 11.1. The maximum absolute atomic E-state index is 11.3. The molecule has 1 rings (SSSR count). The summed E-state index contributed by atoms with van der Waals surface area (Å²) in [6, 6.07) is 0. The molecule has 0 aromatic carbocycles. The van der Waals surface area contributed by atoms with Gasteiger partial charge in [-0.3, -0.25) is 9.59 Å². The van der Waals surface area contributed by atoms with E-state index in [0.717, 1.165) is 25.7 Å². The number of unbranched alkanes of at least 4 members (excludes halogenated alkanes) is 1. The predicted octanol–water partition coefficient (Wildman–Crippen LogP) is 2.48. The van der Waals surface area contributed by atoms with Crippen LogP contribution >= 0.6 is 0 Å². The Bertz CT molecular complexity index is 223. The second-order valence-electron chi connectivity index (χ2n) is 4.17. The lowest BCUT2D eigenvalue weighted by atomic mass is 10.0. The van der Waals surface area contributed by atoms with Crippen molar-refractivity contribution >= 4 is 11.8 Å². The third-order valence-corrected chi connectivity index (χ3v) is 2.89. The van der Waals surface area contributed by atoms with Gasteiger partial charge in [-0.1, -0.05) is 13.3 Å². The Hall–Kier alpha value is -0.860. The van der Waals surface area contributed by atoms with E-state index < -0.39 is 0 Å². The zero-order valence-corrected chi connectivity index (χ0v) is 9.46. The van der Waals surface area contributed by atoms with E-state index in [2.05, 4.69) is 6.92 Å². The van der Waals surface area contributed by atoms with Crippen molar-refractivity contribution in [2.45, 2.75) is 51.9 Å². The van der Waals surface area contributed by atoms with Gasteiger partial charge in [0.1, 0.15) is 5.78 Å². The van der Waals surface area contributed by atoms with Crippen LogP contribution in [0.5, 0.6) is 0 Å². The van der Waals surface area contributed by atoms with E-state index in [4.69, 9.17) is 4.74 Å². The van der Waals surface area contributed by atoms with Crippen LogP contribution < -0.4 is 0 Å². The van der Waals surface area contributed by atoms with Crippen LogP contribution in [0.1, 0.15) is 51.9 Å². The number of esters is 1. The average Bonchev–Trinajstić information content (AvgIpc) is 2.61. The molecule has 0 spiro atoms. The molecule has 1 atom stereocenters. The molecule has 0 bridgehead atoms. The minimum Gasteiger partial charge on any atom is -0.466 e. The molecule has 0 amide bonds. The monoisotopic (exact) mass is 212 g/mol. The van der Waals surface area contributed by atoms with Crippen LogP contribution in [-0.2, 0) is 14.3 Å². The van der Waals surface area contributed by atoms with Crippen molar-refractivity contribution < 1.29 is 14.3 Å². The highest BCUT2D eigenvalue weighted by Crippen LogP contribution is 2.25. The van der Waals surface area contributed by atoms with Crippen molar-refractivity contribution in [2.24, 2.45) is 5.92 Å². The van der Waals surface area contributed by atoms with Gasteiger partial charge in [-0.05, 0) is 25.7 Å². The lowest BCUT2D eigenvalue weighted by Crippen LogP contribution is -2.11. The van der Waals surface area contributed by atoms with Crippen LogP contribution in [0.3, 0.4) is 0 Å². The summed E-state index contributed by atoms with van der Waals surface area (Å²) in [6.07, 6.45) is 5.71. The van der Waals surface area contributed by atoms with Crippen LogP contribution in [0.25, 0.3) is 0 Å². The fourth-order valence-electron chi connectivity index (χ4n) is 1.89. The molecule has 0 aliphatic heterocycles. The van der Waals surface area contributed by atoms with E-state index in [-0.39, 0.29) is 11.9 Å². The van der Waals surface area contributed by atoms with E-state index in [1.165, 1.54) is 0 Å². The van der Waals surface area contributed by atoms with Crippen molar-refractivity contribution in [1.29, 1.82) is 0 Å². The molecule has 0 heterocycles. The van der Waals surface area contributed by atoms with Gasteiger partial charge in [0.15, 0.2) is 0 Å². The number of Topliss-reactive ketones (excluding diaryl/α,β-unsaturated/α-hetero) is 1. The molecule has 0 aromatic heterocycles. The van der Waals surface area contributed by atoms with Gasteiger partial charge in [-0.15, -0.1) is 0 Å². The number of carbonyl (C=O) groups is 2. The molecule has 0 saturated heterocycles. The molecule has 1 aliphatic rings. The van der Waals surface area contributed by atoms with E-state index >= 15 is 0 Å². The van der Waals surface area contributed by atoms with Gasteiger partial charge in [-0.2, -0.15) is 0 Å². The number of ether oxygens (including phenoxy) is 1. The van der Waals surface area contributed by atoms with Gasteiger partial charge in [0.05, 0.1) is 6.61 Å². The molecule has 1 aliphatic carbocycles. The first-order valence-corrected chi connectivity index (χ1v) is 5.92. The normalized spacial score (nSPS) is 20.6. The van der Waals surface area contributed by atoms with E-state index in [9.17, 15) is 9.59 Å². The Kier molecular flexibility index (Phi) is 5.37. The topological polar surface area (TPSA) is 43.4 Å². The lowest BCUT2D eigenvalue weighted by molar-refractivity contribution is -0.144. The van der Waals surface area contributed by atoms with Crippen LogP contribution in [0.4, 0.5) is 0 Å². The molecule has 1 saturated carbocycles. The van der Waals surface area contributed by atoms with Crippen LogP contribution in [0, 0.1) is 5.92 Å². The molecular weight excluding hydrogens is 192 g/mol. The number of ketones is 1. The molecule has 3 heteroatoms. The van der Waals surface area contributed by atoms with Gasteiger partial charge < -0.3 is 4.74 Å². The van der Waals surface area contributed by atoms with Gasteiger partial charge >= 0.3 is 5.97 Å². The third kappa shape index (κ3) is 4.45. The molecule has 0 unspecified atom stereocenters. The highest BCUT2D eigenvalue weighted by molar-refractivity contribution is 5.83. The zero-order valence-electron chi connectivity index (χ0n) is 9.46. The third-order valence-electron chi connectivity index (χ3n) is 2.89. The fourth-order valence-corrected chi connectivity index (χ4v) is 1.89. The Morgan fingerprint density at radius 3 is 2.93 bits per heavy atom. The van der Waals surface area contributed by atoms with Crippen LogP contribution in [-0.4, -0.2) is 18.4 Å². The molecule has 0 aromatic rings.